The minimum atomic E-state index is -0.552. The van der Waals surface area contributed by atoms with Crippen LogP contribution < -0.4 is 9.47 Å². The fourth-order valence-electron chi connectivity index (χ4n) is 2.23. The zero-order valence-corrected chi connectivity index (χ0v) is 14.9. The van der Waals surface area contributed by atoms with Gasteiger partial charge in [-0.25, -0.2) is 4.79 Å². The second-order valence-electron chi connectivity index (χ2n) is 5.58. The molecule has 0 N–H and O–H groups in total. The summed E-state index contributed by atoms with van der Waals surface area (Å²) in [7, 11) is 0. The Morgan fingerprint density at radius 2 is 1.80 bits per heavy atom. The fraction of sp³-hybridized carbons (Fsp3) is 0.300. The van der Waals surface area contributed by atoms with Crippen molar-refractivity contribution in [2.24, 2.45) is 0 Å². The number of hydrogen-bond donors (Lipinski definition) is 0. The number of carbonyl (C=O) groups excluding carboxylic acids is 1. The second kappa shape index (κ2) is 9.71. The summed E-state index contributed by atoms with van der Waals surface area (Å²) in [6.07, 6.45) is 4.51. The Labute approximate surface area is 152 Å². The average Bonchev–Trinajstić information content (AvgIpc) is 2.62. The summed E-state index contributed by atoms with van der Waals surface area (Å²) >= 11 is 6.18. The Morgan fingerprint density at radius 1 is 1.08 bits per heavy atom. The first-order valence-electron chi connectivity index (χ1n) is 8.28. The van der Waals surface area contributed by atoms with Gasteiger partial charge in [-0.05, 0) is 48.9 Å². The molecule has 0 radical (unpaired) electrons. The molecule has 0 saturated carbocycles. The highest BCUT2D eigenvalue weighted by Crippen LogP contribution is 2.24. The van der Waals surface area contributed by atoms with Crippen molar-refractivity contribution in [3.05, 3.63) is 58.6 Å². The topological polar surface area (TPSA) is 59.3 Å². The average molecular weight is 358 g/mol. The van der Waals surface area contributed by atoms with Crippen molar-refractivity contribution in [1.82, 2.24) is 0 Å². The summed E-state index contributed by atoms with van der Waals surface area (Å²) in [5.41, 5.74) is 0.766. The third-order valence-electron chi connectivity index (χ3n) is 3.62. The maximum Gasteiger partial charge on any atom is 0.345 e. The first-order valence-corrected chi connectivity index (χ1v) is 8.66. The zero-order valence-electron chi connectivity index (χ0n) is 14.1. The van der Waals surface area contributed by atoms with E-state index in [0.717, 1.165) is 12.8 Å². The van der Waals surface area contributed by atoms with Crippen LogP contribution in [-0.2, 0) is 0 Å². The molecule has 0 atom stereocenters. The van der Waals surface area contributed by atoms with Gasteiger partial charge in [-0.1, -0.05) is 37.8 Å². The predicted octanol–water partition coefficient (Wildman–Crippen LogP) is 5.39. The number of ether oxygens (including phenoxy) is 2. The van der Waals surface area contributed by atoms with E-state index >= 15 is 0 Å². The number of nitriles is 1. The van der Waals surface area contributed by atoms with Crippen LogP contribution in [0.15, 0.2) is 42.5 Å². The van der Waals surface area contributed by atoms with Gasteiger partial charge < -0.3 is 9.47 Å². The van der Waals surface area contributed by atoms with Crippen molar-refractivity contribution in [3.8, 4) is 17.6 Å². The lowest BCUT2D eigenvalue weighted by Gasteiger charge is -2.09. The van der Waals surface area contributed by atoms with E-state index in [1.54, 1.807) is 42.5 Å². The maximum absolute atomic E-state index is 12.2. The number of nitrogens with zero attached hydrogens (tertiary/aromatic N) is 1. The van der Waals surface area contributed by atoms with E-state index in [4.69, 9.17) is 26.3 Å². The molecule has 4 nitrogen and oxygen atoms in total. The molecule has 0 spiro atoms. The Kier molecular flexibility index (Phi) is 7.31. The van der Waals surface area contributed by atoms with Gasteiger partial charge >= 0.3 is 5.97 Å². The largest absolute Gasteiger partial charge is 0.494 e. The van der Waals surface area contributed by atoms with Gasteiger partial charge in [0.2, 0.25) is 0 Å². The predicted molar refractivity (Wildman–Crippen MR) is 97.2 cm³/mol. The van der Waals surface area contributed by atoms with Crippen LogP contribution in [0.25, 0.3) is 0 Å². The molecule has 0 aliphatic rings. The first-order chi connectivity index (χ1) is 12.1. The molecule has 130 valence electrons. The van der Waals surface area contributed by atoms with Gasteiger partial charge in [-0.15, -0.1) is 0 Å². The van der Waals surface area contributed by atoms with Crippen LogP contribution in [0.3, 0.4) is 0 Å². The molecule has 0 heterocycles. The van der Waals surface area contributed by atoms with E-state index in [1.807, 2.05) is 6.07 Å². The Bertz CT molecular complexity index is 751. The molecule has 2 aromatic rings. The fourth-order valence-corrected chi connectivity index (χ4v) is 2.48. The van der Waals surface area contributed by atoms with Crippen LogP contribution in [0.1, 0.15) is 48.5 Å². The third kappa shape index (κ3) is 5.81. The van der Waals surface area contributed by atoms with Crippen LogP contribution in [0.4, 0.5) is 0 Å². The zero-order chi connectivity index (χ0) is 18.1. The molecule has 25 heavy (non-hydrogen) atoms. The summed E-state index contributed by atoms with van der Waals surface area (Å²) in [6.45, 7) is 2.79. The Morgan fingerprint density at radius 3 is 2.44 bits per heavy atom. The van der Waals surface area contributed by atoms with Crippen LogP contribution in [0.2, 0.25) is 5.02 Å². The molecule has 2 rings (SSSR count). The number of carbonyl (C=O) groups is 1. The van der Waals surface area contributed by atoms with E-state index in [-0.39, 0.29) is 10.6 Å². The van der Waals surface area contributed by atoms with Gasteiger partial charge in [0.15, 0.2) is 0 Å². The normalized spacial score (nSPS) is 10.1. The number of benzene rings is 2. The van der Waals surface area contributed by atoms with E-state index < -0.39 is 5.97 Å². The summed E-state index contributed by atoms with van der Waals surface area (Å²) in [4.78, 5) is 12.2. The minimum Gasteiger partial charge on any atom is -0.494 e. The summed E-state index contributed by atoms with van der Waals surface area (Å²) in [5.74, 6) is 0.442. The highest BCUT2D eigenvalue weighted by Gasteiger charge is 2.14. The number of unbranched alkanes of at least 4 members (excludes halogenated alkanes) is 3. The Balaban J connectivity index is 1.94. The molecular weight excluding hydrogens is 338 g/mol. The molecule has 0 bridgehead atoms. The van der Waals surface area contributed by atoms with Gasteiger partial charge in [0.05, 0.1) is 28.8 Å². The molecule has 2 aromatic carbocycles. The lowest BCUT2D eigenvalue weighted by molar-refractivity contribution is 0.0735. The van der Waals surface area contributed by atoms with Crippen LogP contribution >= 0.6 is 11.6 Å². The van der Waals surface area contributed by atoms with Gasteiger partial charge in [-0.2, -0.15) is 5.26 Å². The molecule has 0 aliphatic carbocycles. The highest BCUT2D eigenvalue weighted by molar-refractivity contribution is 6.33. The molecule has 5 heteroatoms. The van der Waals surface area contributed by atoms with Gasteiger partial charge in [0.25, 0.3) is 0 Å². The minimum absolute atomic E-state index is 0.268. The van der Waals surface area contributed by atoms with Gasteiger partial charge in [0, 0.05) is 0 Å². The summed E-state index contributed by atoms with van der Waals surface area (Å²) in [6, 6.07) is 13.2. The molecular formula is C20H20ClNO3. The van der Waals surface area contributed by atoms with Gasteiger partial charge in [-0.3, -0.25) is 0 Å². The van der Waals surface area contributed by atoms with E-state index in [9.17, 15) is 4.79 Å². The Hall–Kier alpha value is -2.51. The van der Waals surface area contributed by atoms with Crippen molar-refractivity contribution in [2.75, 3.05) is 6.61 Å². The monoisotopic (exact) mass is 357 g/mol. The van der Waals surface area contributed by atoms with Crippen molar-refractivity contribution < 1.29 is 14.3 Å². The number of esters is 1. The molecule has 0 fully saturated rings. The number of rotatable bonds is 8. The third-order valence-corrected chi connectivity index (χ3v) is 3.93. The standard InChI is InChI=1S/C20H20ClNO3/c1-2-3-4-5-12-24-17-10-11-18(19(21)13-17)20(23)25-16-8-6-15(14-22)7-9-16/h6-11,13H,2-5,12H2,1H3. The quantitative estimate of drug-likeness (QED) is 0.361. The second-order valence-corrected chi connectivity index (χ2v) is 5.98. The lowest BCUT2D eigenvalue weighted by atomic mass is 10.2. The van der Waals surface area contributed by atoms with Crippen molar-refractivity contribution in [2.45, 2.75) is 32.6 Å². The molecule has 0 amide bonds. The smallest absolute Gasteiger partial charge is 0.345 e. The number of hydrogen-bond acceptors (Lipinski definition) is 4. The molecule has 0 aromatic heterocycles. The van der Waals surface area contributed by atoms with Crippen molar-refractivity contribution in [3.63, 3.8) is 0 Å². The summed E-state index contributed by atoms with van der Waals surface area (Å²) in [5, 5.41) is 9.05. The number of halogens is 1. The van der Waals surface area contributed by atoms with Crippen LogP contribution in [0, 0.1) is 11.3 Å². The van der Waals surface area contributed by atoms with Crippen molar-refractivity contribution in [1.29, 1.82) is 5.26 Å². The van der Waals surface area contributed by atoms with Crippen molar-refractivity contribution >= 4 is 17.6 Å². The maximum atomic E-state index is 12.2. The van der Waals surface area contributed by atoms with E-state index in [0.29, 0.717) is 23.7 Å². The summed E-state index contributed by atoms with van der Waals surface area (Å²) < 4.78 is 10.9. The molecule has 0 unspecified atom stereocenters. The molecule has 0 aliphatic heterocycles. The van der Waals surface area contributed by atoms with Gasteiger partial charge in [0.1, 0.15) is 11.5 Å². The van der Waals surface area contributed by atoms with E-state index in [2.05, 4.69) is 6.92 Å². The highest BCUT2D eigenvalue weighted by atomic mass is 35.5. The van der Waals surface area contributed by atoms with Crippen LogP contribution in [-0.4, -0.2) is 12.6 Å². The first kappa shape index (κ1) is 18.8. The molecule has 0 saturated heterocycles. The SMILES string of the molecule is CCCCCCOc1ccc(C(=O)Oc2ccc(C#N)cc2)c(Cl)c1. The lowest BCUT2D eigenvalue weighted by Crippen LogP contribution is -2.09. The van der Waals surface area contributed by atoms with Crippen LogP contribution in [0.5, 0.6) is 11.5 Å². The van der Waals surface area contributed by atoms with E-state index in [1.165, 1.54) is 12.8 Å².